The van der Waals surface area contributed by atoms with E-state index in [1.165, 1.54) is 6.42 Å². The molecule has 0 aromatic carbocycles. The highest BCUT2D eigenvalue weighted by Gasteiger charge is 2.40. The van der Waals surface area contributed by atoms with Crippen LogP contribution in [0, 0.1) is 5.92 Å². The quantitative estimate of drug-likeness (QED) is 0.806. The van der Waals surface area contributed by atoms with Gasteiger partial charge in [0.1, 0.15) is 0 Å². The van der Waals surface area contributed by atoms with E-state index in [1.807, 2.05) is 6.92 Å². The Morgan fingerprint density at radius 3 is 2.53 bits per heavy atom. The molecule has 0 saturated carbocycles. The molecular weight excluding hydrogens is 229 g/mol. The van der Waals surface area contributed by atoms with Gasteiger partial charge in [0.05, 0.1) is 6.54 Å². The predicted molar refractivity (Wildman–Crippen MR) is 60.8 cm³/mol. The highest BCUT2D eigenvalue weighted by atomic mass is 19.4. The van der Waals surface area contributed by atoms with Crippen LogP contribution in [0.3, 0.4) is 0 Å². The summed E-state index contributed by atoms with van der Waals surface area (Å²) in [5, 5.41) is 3.48. The molecule has 0 radical (unpaired) electrons. The van der Waals surface area contributed by atoms with Gasteiger partial charge in [-0.25, -0.2) is 0 Å². The Kier molecular flexibility index (Phi) is 3.98. The van der Waals surface area contributed by atoms with Gasteiger partial charge in [-0.2, -0.15) is 13.2 Å². The van der Waals surface area contributed by atoms with Gasteiger partial charge in [0, 0.05) is 18.6 Å². The zero-order valence-corrected chi connectivity index (χ0v) is 10.3. The van der Waals surface area contributed by atoms with Crippen LogP contribution in [0.15, 0.2) is 0 Å². The summed E-state index contributed by atoms with van der Waals surface area (Å²) in [5.74, 6) is 0.419. The molecule has 2 aliphatic rings. The van der Waals surface area contributed by atoms with E-state index in [2.05, 4.69) is 5.32 Å². The van der Waals surface area contributed by atoms with E-state index in [-0.39, 0.29) is 0 Å². The molecule has 2 heterocycles. The lowest BCUT2D eigenvalue weighted by Crippen LogP contribution is -2.40. The second kappa shape index (κ2) is 5.14. The van der Waals surface area contributed by atoms with Crippen molar-refractivity contribution in [3.05, 3.63) is 0 Å². The Hall–Kier alpha value is -0.290. The van der Waals surface area contributed by atoms with Crippen LogP contribution in [0.1, 0.15) is 32.6 Å². The van der Waals surface area contributed by atoms with Gasteiger partial charge in [-0.05, 0) is 38.1 Å². The van der Waals surface area contributed by atoms with Crippen LogP contribution < -0.4 is 5.32 Å². The lowest BCUT2D eigenvalue weighted by molar-refractivity contribution is -0.147. The SMILES string of the molecule is CCCN(CC1CC2CCC1N2)CC(F)(F)F. The summed E-state index contributed by atoms with van der Waals surface area (Å²) < 4.78 is 37.3. The van der Waals surface area contributed by atoms with Crippen LogP contribution in [-0.2, 0) is 0 Å². The molecule has 100 valence electrons. The van der Waals surface area contributed by atoms with Crippen LogP contribution in [0.4, 0.5) is 13.2 Å². The highest BCUT2D eigenvalue weighted by Crippen LogP contribution is 2.34. The van der Waals surface area contributed by atoms with Crippen LogP contribution in [0.2, 0.25) is 0 Å². The average molecular weight is 250 g/mol. The fraction of sp³-hybridized carbons (Fsp3) is 1.00. The number of alkyl halides is 3. The second-order valence-corrected chi connectivity index (χ2v) is 5.39. The third kappa shape index (κ3) is 3.58. The standard InChI is InChI=1S/C12H21F3N2/c1-2-5-17(8-12(13,14)15)7-9-6-10-3-4-11(9)16-10/h9-11,16H,2-8H2,1H3. The average Bonchev–Trinajstić information content (AvgIpc) is 2.76. The highest BCUT2D eigenvalue weighted by molar-refractivity contribution is 4.98. The molecule has 3 atom stereocenters. The molecule has 2 fully saturated rings. The Morgan fingerprint density at radius 2 is 2.06 bits per heavy atom. The Balaban J connectivity index is 1.85. The predicted octanol–water partition coefficient (Wildman–Crippen LogP) is 2.40. The molecule has 5 heteroatoms. The molecule has 2 saturated heterocycles. The van der Waals surface area contributed by atoms with Crippen molar-refractivity contribution in [1.82, 2.24) is 10.2 Å². The molecule has 2 bridgehead atoms. The van der Waals surface area contributed by atoms with Crippen molar-refractivity contribution in [2.45, 2.75) is 50.9 Å². The lowest BCUT2D eigenvalue weighted by Gasteiger charge is -2.29. The molecule has 0 aliphatic carbocycles. The minimum atomic E-state index is -4.07. The fourth-order valence-corrected chi connectivity index (χ4v) is 3.28. The third-order valence-corrected chi connectivity index (χ3v) is 3.87. The Labute approximate surface area is 101 Å². The summed E-state index contributed by atoms with van der Waals surface area (Å²) in [6.07, 6.45) is 0.114. The van der Waals surface area contributed by atoms with E-state index >= 15 is 0 Å². The third-order valence-electron chi connectivity index (χ3n) is 3.87. The van der Waals surface area contributed by atoms with E-state index in [4.69, 9.17) is 0 Å². The molecule has 0 aromatic rings. The molecular formula is C12H21F3N2. The molecule has 0 aromatic heterocycles. The fourth-order valence-electron chi connectivity index (χ4n) is 3.28. The number of fused-ring (bicyclic) bond motifs is 2. The number of rotatable bonds is 5. The zero-order valence-electron chi connectivity index (χ0n) is 10.3. The molecule has 3 unspecified atom stereocenters. The smallest absolute Gasteiger partial charge is 0.311 e. The van der Waals surface area contributed by atoms with Gasteiger partial charge in [-0.15, -0.1) is 0 Å². The minimum Gasteiger partial charge on any atom is -0.311 e. The number of hydrogen-bond donors (Lipinski definition) is 1. The van der Waals surface area contributed by atoms with Crippen molar-refractivity contribution in [3.63, 3.8) is 0 Å². The first-order chi connectivity index (χ1) is 7.98. The zero-order chi connectivity index (χ0) is 12.5. The minimum absolute atomic E-state index is 0.419. The van der Waals surface area contributed by atoms with Crippen LogP contribution in [0.5, 0.6) is 0 Å². The maximum Gasteiger partial charge on any atom is 0.401 e. The van der Waals surface area contributed by atoms with E-state index in [0.717, 1.165) is 19.3 Å². The van der Waals surface area contributed by atoms with E-state index in [0.29, 0.717) is 31.1 Å². The van der Waals surface area contributed by atoms with Crippen molar-refractivity contribution in [1.29, 1.82) is 0 Å². The van der Waals surface area contributed by atoms with E-state index in [9.17, 15) is 13.2 Å². The van der Waals surface area contributed by atoms with E-state index in [1.54, 1.807) is 4.90 Å². The molecule has 0 amide bonds. The van der Waals surface area contributed by atoms with Gasteiger partial charge in [0.15, 0.2) is 0 Å². The van der Waals surface area contributed by atoms with Gasteiger partial charge in [-0.3, -0.25) is 4.90 Å². The lowest BCUT2D eigenvalue weighted by atomic mass is 9.89. The summed E-state index contributed by atoms with van der Waals surface area (Å²) in [5.41, 5.74) is 0. The normalized spacial score (nSPS) is 32.6. The van der Waals surface area contributed by atoms with E-state index < -0.39 is 12.7 Å². The number of halogens is 3. The summed E-state index contributed by atoms with van der Waals surface area (Å²) in [4.78, 5) is 1.58. The van der Waals surface area contributed by atoms with Crippen LogP contribution in [0.25, 0.3) is 0 Å². The summed E-state index contributed by atoms with van der Waals surface area (Å²) in [6.45, 7) is 2.33. The van der Waals surface area contributed by atoms with Gasteiger partial charge >= 0.3 is 6.18 Å². The van der Waals surface area contributed by atoms with Crippen molar-refractivity contribution in [2.75, 3.05) is 19.6 Å². The van der Waals surface area contributed by atoms with Crippen molar-refractivity contribution < 1.29 is 13.2 Å². The Morgan fingerprint density at radius 1 is 1.29 bits per heavy atom. The Bertz CT molecular complexity index is 255. The van der Waals surface area contributed by atoms with Crippen molar-refractivity contribution in [2.24, 2.45) is 5.92 Å². The van der Waals surface area contributed by atoms with Gasteiger partial charge in [0.2, 0.25) is 0 Å². The molecule has 0 spiro atoms. The maximum atomic E-state index is 12.4. The van der Waals surface area contributed by atoms with Crippen LogP contribution in [-0.4, -0.2) is 42.8 Å². The number of hydrogen-bond acceptors (Lipinski definition) is 2. The van der Waals surface area contributed by atoms with Gasteiger partial charge < -0.3 is 5.32 Å². The number of nitrogens with one attached hydrogen (secondary N) is 1. The maximum absolute atomic E-state index is 12.4. The molecule has 2 rings (SSSR count). The monoisotopic (exact) mass is 250 g/mol. The first-order valence-electron chi connectivity index (χ1n) is 6.53. The van der Waals surface area contributed by atoms with Crippen LogP contribution >= 0.6 is 0 Å². The largest absolute Gasteiger partial charge is 0.401 e. The summed E-state index contributed by atoms with van der Waals surface area (Å²) in [6, 6.07) is 1.03. The van der Waals surface area contributed by atoms with Gasteiger partial charge in [-0.1, -0.05) is 6.92 Å². The molecule has 17 heavy (non-hydrogen) atoms. The summed E-state index contributed by atoms with van der Waals surface area (Å²) in [7, 11) is 0. The topological polar surface area (TPSA) is 15.3 Å². The summed E-state index contributed by atoms with van der Waals surface area (Å²) >= 11 is 0. The van der Waals surface area contributed by atoms with Gasteiger partial charge in [0.25, 0.3) is 0 Å². The van der Waals surface area contributed by atoms with Crippen molar-refractivity contribution >= 4 is 0 Å². The molecule has 2 nitrogen and oxygen atoms in total. The number of nitrogens with zero attached hydrogens (tertiary/aromatic N) is 1. The first kappa shape index (κ1) is 13.1. The first-order valence-corrected chi connectivity index (χ1v) is 6.53. The molecule has 2 aliphatic heterocycles. The molecule has 1 N–H and O–H groups in total. The second-order valence-electron chi connectivity index (χ2n) is 5.39. The van der Waals surface area contributed by atoms with Crippen molar-refractivity contribution in [3.8, 4) is 0 Å².